The number of hydrogen-bond donors (Lipinski definition) is 1. The second-order valence-corrected chi connectivity index (χ2v) is 11.6. The van der Waals surface area contributed by atoms with Gasteiger partial charge in [-0.2, -0.15) is 0 Å². The van der Waals surface area contributed by atoms with Gasteiger partial charge >= 0.3 is 5.97 Å². The number of rotatable bonds is 4. The number of fused-ring (bicyclic) bond motifs is 5. The largest absolute Gasteiger partial charge is 0.481 e. The summed E-state index contributed by atoms with van der Waals surface area (Å²) in [5.74, 6) is 4.31. The van der Waals surface area contributed by atoms with Crippen molar-refractivity contribution in [2.24, 2.45) is 52.3 Å². The predicted molar refractivity (Wildman–Crippen MR) is 110 cm³/mol. The van der Waals surface area contributed by atoms with E-state index in [0.717, 1.165) is 36.0 Å². The summed E-state index contributed by atoms with van der Waals surface area (Å²) in [5.41, 5.74) is 1.10. The van der Waals surface area contributed by atoms with Crippen LogP contribution in [0, 0.1) is 52.3 Å². The Morgan fingerprint density at radius 3 is 2.41 bits per heavy atom. The van der Waals surface area contributed by atoms with E-state index in [0.29, 0.717) is 16.7 Å². The maximum absolute atomic E-state index is 11.4. The minimum absolute atomic E-state index is 0.199. The summed E-state index contributed by atoms with van der Waals surface area (Å²) in [6.07, 6.45) is 15.3. The lowest BCUT2D eigenvalue weighted by Gasteiger charge is -2.61. The Kier molecular flexibility index (Phi) is 5.17. The predicted octanol–water partition coefficient (Wildman–Crippen LogP) is 6.78. The number of hydrogen-bond acceptors (Lipinski definition) is 1. The topological polar surface area (TPSA) is 37.3 Å². The summed E-state index contributed by atoms with van der Waals surface area (Å²) in [6.45, 7) is 9.52. The van der Waals surface area contributed by atoms with Crippen molar-refractivity contribution < 1.29 is 9.90 Å². The molecule has 0 aromatic carbocycles. The quantitative estimate of drug-likeness (QED) is 0.588. The molecule has 4 fully saturated rings. The second kappa shape index (κ2) is 7.06. The van der Waals surface area contributed by atoms with E-state index in [1.807, 2.05) is 6.92 Å². The molecule has 8 unspecified atom stereocenters. The molecule has 0 aliphatic heterocycles. The van der Waals surface area contributed by atoms with Crippen LogP contribution in [0.2, 0.25) is 0 Å². The van der Waals surface area contributed by atoms with Crippen LogP contribution < -0.4 is 0 Å². The average Bonchev–Trinajstić information content (AvgIpc) is 2.98. The van der Waals surface area contributed by atoms with E-state index in [2.05, 4.69) is 20.8 Å². The summed E-state index contributed by atoms with van der Waals surface area (Å²) >= 11 is 0. The van der Waals surface area contributed by atoms with Crippen LogP contribution in [0.1, 0.15) is 98.3 Å². The maximum Gasteiger partial charge on any atom is 0.306 e. The summed E-state index contributed by atoms with van der Waals surface area (Å²) in [5, 5.41) is 9.36. The van der Waals surface area contributed by atoms with Crippen LogP contribution in [-0.4, -0.2) is 11.1 Å². The normalized spacial score (nSPS) is 48.8. The molecule has 0 aromatic rings. The number of carboxylic acids is 1. The van der Waals surface area contributed by atoms with Gasteiger partial charge < -0.3 is 5.11 Å². The molecule has 0 radical (unpaired) electrons. The third-order valence-corrected chi connectivity index (χ3v) is 10.5. The maximum atomic E-state index is 11.4. The highest BCUT2D eigenvalue weighted by atomic mass is 16.4. The van der Waals surface area contributed by atoms with E-state index >= 15 is 0 Å². The van der Waals surface area contributed by atoms with E-state index < -0.39 is 5.97 Å². The van der Waals surface area contributed by atoms with Gasteiger partial charge in [0.05, 0.1) is 5.92 Å². The van der Waals surface area contributed by atoms with E-state index in [-0.39, 0.29) is 5.92 Å². The van der Waals surface area contributed by atoms with Crippen molar-refractivity contribution in [3.8, 4) is 0 Å². The molecule has 4 saturated carbocycles. The van der Waals surface area contributed by atoms with Crippen LogP contribution in [0.3, 0.4) is 0 Å². The lowest BCUT2D eigenvalue weighted by atomic mass is 9.44. The third-order valence-electron chi connectivity index (χ3n) is 10.5. The van der Waals surface area contributed by atoms with Gasteiger partial charge in [0, 0.05) is 0 Å². The zero-order chi connectivity index (χ0) is 19.4. The van der Waals surface area contributed by atoms with Crippen LogP contribution in [0.5, 0.6) is 0 Å². The summed E-state index contributed by atoms with van der Waals surface area (Å²) in [4.78, 5) is 11.4. The Balaban J connectivity index is 1.52. The Morgan fingerprint density at radius 1 is 0.926 bits per heavy atom. The average molecular weight is 375 g/mol. The van der Waals surface area contributed by atoms with Crippen LogP contribution in [0.15, 0.2) is 0 Å². The van der Waals surface area contributed by atoms with Crippen molar-refractivity contribution in [1.29, 1.82) is 0 Å². The van der Waals surface area contributed by atoms with Crippen molar-refractivity contribution in [2.45, 2.75) is 98.3 Å². The molecule has 0 spiro atoms. The first-order valence-electron chi connectivity index (χ1n) is 12.0. The SMILES string of the molecule is CC(C[C@@H](C)C1CCC2C3CCC4CCCCC4(C)C3CCC21C)C(=O)O. The van der Waals surface area contributed by atoms with Gasteiger partial charge in [0.15, 0.2) is 0 Å². The summed E-state index contributed by atoms with van der Waals surface area (Å²) < 4.78 is 0. The van der Waals surface area contributed by atoms with E-state index in [1.165, 1.54) is 64.2 Å². The van der Waals surface area contributed by atoms with E-state index in [9.17, 15) is 9.90 Å². The molecule has 27 heavy (non-hydrogen) atoms. The smallest absolute Gasteiger partial charge is 0.306 e. The van der Waals surface area contributed by atoms with Crippen molar-refractivity contribution >= 4 is 5.97 Å². The Morgan fingerprint density at radius 2 is 1.67 bits per heavy atom. The van der Waals surface area contributed by atoms with Crippen LogP contribution in [0.4, 0.5) is 0 Å². The molecule has 0 aromatic heterocycles. The molecular formula is C25H42O2. The fraction of sp³-hybridized carbons (Fsp3) is 0.960. The molecule has 4 rings (SSSR count). The van der Waals surface area contributed by atoms with Crippen LogP contribution in [-0.2, 0) is 4.79 Å². The van der Waals surface area contributed by atoms with E-state index in [1.54, 1.807) is 0 Å². The van der Waals surface area contributed by atoms with Crippen LogP contribution >= 0.6 is 0 Å². The zero-order valence-corrected chi connectivity index (χ0v) is 18.2. The lowest BCUT2D eigenvalue weighted by molar-refractivity contribution is -0.142. The zero-order valence-electron chi connectivity index (χ0n) is 18.2. The van der Waals surface area contributed by atoms with Gasteiger partial charge in [-0.1, -0.05) is 40.5 Å². The van der Waals surface area contributed by atoms with Gasteiger partial charge in [0.2, 0.25) is 0 Å². The molecular weight excluding hydrogens is 332 g/mol. The molecule has 2 heteroatoms. The molecule has 154 valence electrons. The standard InChI is InChI=1S/C25H42O2/c1-16(15-17(2)23(26)27)20-10-11-21-19-9-8-18-7-5-6-13-24(18,3)22(19)12-14-25(20,21)4/h16-22H,5-15H2,1-4H3,(H,26,27)/t16-,17?,18?,19?,20?,21?,22?,24?,25?/m1/s1. The summed E-state index contributed by atoms with van der Waals surface area (Å²) in [7, 11) is 0. The first-order valence-corrected chi connectivity index (χ1v) is 12.0. The molecule has 0 heterocycles. The molecule has 2 nitrogen and oxygen atoms in total. The Hall–Kier alpha value is -0.530. The van der Waals surface area contributed by atoms with Crippen molar-refractivity contribution in [3.63, 3.8) is 0 Å². The fourth-order valence-corrected chi connectivity index (χ4v) is 9.09. The lowest BCUT2D eigenvalue weighted by Crippen LogP contribution is -2.53. The Bertz CT molecular complexity index is 571. The van der Waals surface area contributed by atoms with Gasteiger partial charge in [0.1, 0.15) is 0 Å². The number of carbonyl (C=O) groups is 1. The molecule has 9 atom stereocenters. The van der Waals surface area contributed by atoms with Gasteiger partial charge in [0.25, 0.3) is 0 Å². The molecule has 4 aliphatic rings. The van der Waals surface area contributed by atoms with Crippen LogP contribution in [0.25, 0.3) is 0 Å². The Labute approximate surface area is 166 Å². The third kappa shape index (κ3) is 3.08. The van der Waals surface area contributed by atoms with E-state index in [4.69, 9.17) is 0 Å². The molecule has 0 amide bonds. The fourth-order valence-electron chi connectivity index (χ4n) is 9.09. The van der Waals surface area contributed by atoms with Gasteiger partial charge in [-0.3, -0.25) is 4.79 Å². The highest BCUT2D eigenvalue weighted by Crippen LogP contribution is 2.68. The molecule has 0 bridgehead atoms. The first kappa shape index (κ1) is 19.8. The second-order valence-electron chi connectivity index (χ2n) is 11.6. The minimum atomic E-state index is -0.617. The van der Waals surface area contributed by atoms with Crippen molar-refractivity contribution in [1.82, 2.24) is 0 Å². The number of aliphatic carboxylic acids is 1. The minimum Gasteiger partial charge on any atom is -0.481 e. The number of carboxylic acid groups (broad SMARTS) is 1. The molecule has 1 N–H and O–H groups in total. The highest BCUT2D eigenvalue weighted by molar-refractivity contribution is 5.69. The van der Waals surface area contributed by atoms with Gasteiger partial charge in [-0.05, 0) is 104 Å². The van der Waals surface area contributed by atoms with Crippen molar-refractivity contribution in [2.75, 3.05) is 0 Å². The molecule has 4 aliphatic carbocycles. The van der Waals surface area contributed by atoms with Crippen molar-refractivity contribution in [3.05, 3.63) is 0 Å². The summed E-state index contributed by atoms with van der Waals surface area (Å²) in [6, 6.07) is 0. The monoisotopic (exact) mass is 374 g/mol. The molecule has 0 saturated heterocycles. The highest BCUT2D eigenvalue weighted by Gasteiger charge is 2.60. The van der Waals surface area contributed by atoms with Gasteiger partial charge in [-0.25, -0.2) is 0 Å². The first-order chi connectivity index (χ1) is 12.8. The van der Waals surface area contributed by atoms with Gasteiger partial charge in [-0.15, -0.1) is 0 Å².